The molecule has 2 aromatic heterocycles. The molecule has 5 atom stereocenters. The summed E-state index contributed by atoms with van der Waals surface area (Å²) in [5.74, 6) is 1.31. The zero-order valence-electron chi connectivity index (χ0n) is 21.4. The van der Waals surface area contributed by atoms with Crippen molar-refractivity contribution in [1.82, 2.24) is 19.5 Å². The Hall–Kier alpha value is -3.76. The minimum Gasteiger partial charge on any atom is -0.479 e. The first-order chi connectivity index (χ1) is 19.7. The highest BCUT2D eigenvalue weighted by molar-refractivity contribution is 6.30. The van der Waals surface area contributed by atoms with Crippen molar-refractivity contribution >= 4 is 46.2 Å². The van der Waals surface area contributed by atoms with Crippen LogP contribution in [-0.2, 0) is 27.2 Å². The van der Waals surface area contributed by atoms with E-state index in [1.54, 1.807) is 36.4 Å². The number of carboxylic acids is 1. The molecule has 0 spiro atoms. The third kappa shape index (κ3) is 5.99. The lowest BCUT2D eigenvalue weighted by molar-refractivity contribution is -0.156. The summed E-state index contributed by atoms with van der Waals surface area (Å²) in [6.07, 6.45) is 1.63. The fraction of sp³-hybridized carbons (Fsp3) is 0.286. The van der Waals surface area contributed by atoms with Gasteiger partial charge in [0, 0.05) is 18.0 Å². The van der Waals surface area contributed by atoms with E-state index < -0.39 is 42.7 Å². The van der Waals surface area contributed by atoms with Crippen LogP contribution in [0.3, 0.4) is 0 Å². The summed E-state index contributed by atoms with van der Waals surface area (Å²) in [6, 6.07) is 16.2. The Morgan fingerprint density at radius 1 is 1.20 bits per heavy atom. The number of benzene rings is 2. The second-order valence-corrected chi connectivity index (χ2v) is 10.2. The Morgan fingerprint density at radius 3 is 2.66 bits per heavy atom. The molecule has 0 saturated carbocycles. The molecular weight excluding hydrogens is 573 g/mol. The summed E-state index contributed by atoms with van der Waals surface area (Å²) >= 11 is 12.3. The van der Waals surface area contributed by atoms with Gasteiger partial charge in [-0.3, -0.25) is 4.57 Å². The highest BCUT2D eigenvalue weighted by atomic mass is 35.5. The van der Waals surface area contributed by atoms with Gasteiger partial charge < -0.3 is 30.1 Å². The smallest absolute Gasteiger partial charge is 0.333 e. The molecule has 1 aliphatic rings. The number of aliphatic hydroxyl groups excluding tert-OH is 1. The molecule has 4 N–H and O–H groups in total. The Labute approximate surface area is 244 Å². The van der Waals surface area contributed by atoms with Crippen LogP contribution >= 0.6 is 23.2 Å². The maximum Gasteiger partial charge on any atom is 0.333 e. The highest BCUT2D eigenvalue weighted by Gasteiger charge is 2.56. The van der Waals surface area contributed by atoms with Gasteiger partial charge in [0.2, 0.25) is 5.28 Å². The van der Waals surface area contributed by atoms with Gasteiger partial charge in [0.15, 0.2) is 34.9 Å². The van der Waals surface area contributed by atoms with Crippen LogP contribution in [0.15, 0.2) is 60.9 Å². The van der Waals surface area contributed by atoms with Gasteiger partial charge >= 0.3 is 5.97 Å². The molecule has 5 rings (SSSR count). The van der Waals surface area contributed by atoms with E-state index in [-0.39, 0.29) is 17.4 Å². The number of nitrogens with zero attached hydrogens (tertiary/aromatic N) is 4. The molecule has 1 fully saturated rings. The van der Waals surface area contributed by atoms with Crippen molar-refractivity contribution in [3.8, 4) is 12.3 Å². The molecule has 212 valence electrons. The predicted octanol–water partition coefficient (Wildman–Crippen LogP) is 3.08. The lowest BCUT2D eigenvalue weighted by atomic mass is 9.93. The summed E-state index contributed by atoms with van der Waals surface area (Å²) in [5, 5.41) is 35.6. The van der Waals surface area contributed by atoms with Crippen molar-refractivity contribution in [2.24, 2.45) is 0 Å². The highest BCUT2D eigenvalue weighted by Crippen LogP contribution is 2.39. The number of imidazole rings is 1. The van der Waals surface area contributed by atoms with Crippen molar-refractivity contribution < 1.29 is 29.6 Å². The van der Waals surface area contributed by atoms with Crippen molar-refractivity contribution in [1.29, 1.82) is 0 Å². The Bertz CT molecular complexity index is 1600. The van der Waals surface area contributed by atoms with Gasteiger partial charge in [0.1, 0.15) is 12.2 Å². The van der Waals surface area contributed by atoms with Crippen molar-refractivity contribution in [3.05, 3.63) is 82.4 Å². The predicted molar refractivity (Wildman–Crippen MR) is 150 cm³/mol. The van der Waals surface area contributed by atoms with Crippen LogP contribution in [0.5, 0.6) is 0 Å². The zero-order valence-corrected chi connectivity index (χ0v) is 22.9. The standard InChI is InChI=1S/C28H25Cl2N5O6/c1-2-28(39)20(14-40-19(26(37)38)12-16-7-4-3-5-8-16)41-25(22(28)36)35-15-32-21-23(33-27(30)34-24(21)35)31-13-17-9-6-10-18(29)11-17/h1,3-11,15,19-20,22,25,36,39H,12-14H2,(H,37,38)(H,31,33,34)/t19?,20-,22+,25-,28-/m1/s1. The van der Waals surface area contributed by atoms with Gasteiger partial charge in [-0.2, -0.15) is 9.97 Å². The van der Waals surface area contributed by atoms with Gasteiger partial charge in [0.25, 0.3) is 0 Å². The van der Waals surface area contributed by atoms with Gasteiger partial charge in [-0.05, 0) is 34.9 Å². The number of nitrogens with one attached hydrogen (secondary N) is 1. The zero-order chi connectivity index (χ0) is 29.1. The van der Waals surface area contributed by atoms with Crippen molar-refractivity contribution in [3.63, 3.8) is 0 Å². The second kappa shape index (κ2) is 12.0. The van der Waals surface area contributed by atoms with Crippen LogP contribution in [-0.4, -0.2) is 71.3 Å². The van der Waals surface area contributed by atoms with E-state index in [1.165, 1.54) is 10.9 Å². The summed E-state index contributed by atoms with van der Waals surface area (Å²) in [4.78, 5) is 24.7. The lowest BCUT2D eigenvalue weighted by Gasteiger charge is -2.26. The Morgan fingerprint density at radius 2 is 1.95 bits per heavy atom. The second-order valence-electron chi connectivity index (χ2n) is 9.43. The van der Waals surface area contributed by atoms with E-state index in [2.05, 4.69) is 26.2 Å². The molecular formula is C28H25Cl2N5O6. The summed E-state index contributed by atoms with van der Waals surface area (Å²) < 4.78 is 13.0. The molecule has 0 amide bonds. The fourth-order valence-corrected chi connectivity index (χ4v) is 4.98. The first-order valence-corrected chi connectivity index (χ1v) is 13.3. The number of halogens is 2. The minimum absolute atomic E-state index is 0.0793. The van der Waals surface area contributed by atoms with E-state index in [1.807, 2.05) is 18.2 Å². The largest absolute Gasteiger partial charge is 0.479 e. The first-order valence-electron chi connectivity index (χ1n) is 12.5. The number of aromatic nitrogens is 4. The number of carbonyl (C=O) groups is 1. The number of terminal acetylenes is 1. The molecule has 1 saturated heterocycles. The Kier molecular flexibility index (Phi) is 8.42. The molecule has 3 heterocycles. The minimum atomic E-state index is -2.21. The van der Waals surface area contributed by atoms with Crippen LogP contribution < -0.4 is 5.32 Å². The number of ether oxygens (including phenoxy) is 2. The molecule has 1 aliphatic heterocycles. The lowest BCUT2D eigenvalue weighted by Crippen LogP contribution is -2.48. The van der Waals surface area contributed by atoms with Crippen LogP contribution in [0.25, 0.3) is 11.2 Å². The number of fused-ring (bicyclic) bond motifs is 1. The normalized spacial score (nSPS) is 22.9. The molecule has 0 bridgehead atoms. The molecule has 1 unspecified atom stereocenters. The van der Waals surface area contributed by atoms with Gasteiger partial charge in [-0.15, -0.1) is 6.42 Å². The summed E-state index contributed by atoms with van der Waals surface area (Å²) in [6.45, 7) is -0.0464. The van der Waals surface area contributed by atoms with Crippen LogP contribution in [0, 0.1) is 12.3 Å². The number of aliphatic hydroxyl groups is 2. The van der Waals surface area contributed by atoms with Crippen molar-refractivity contribution in [2.75, 3.05) is 11.9 Å². The maximum atomic E-state index is 11.9. The Balaban J connectivity index is 1.37. The third-order valence-corrected chi connectivity index (χ3v) is 7.16. The third-order valence-electron chi connectivity index (χ3n) is 6.75. The SMILES string of the molecule is C#C[C@@]1(O)[C@@H](COC(Cc2ccccc2)C(=O)O)O[C@@H](n2cnc3c(NCc4cccc(Cl)c4)nc(Cl)nc32)[C@@H]1O. The number of carboxylic acid groups (broad SMARTS) is 1. The fourth-order valence-electron chi connectivity index (χ4n) is 4.60. The van der Waals surface area contributed by atoms with Gasteiger partial charge in [-0.1, -0.05) is 60.0 Å². The van der Waals surface area contributed by atoms with Crippen LogP contribution in [0.2, 0.25) is 10.3 Å². The number of hydrogen-bond donors (Lipinski definition) is 4. The van der Waals surface area contributed by atoms with Crippen molar-refractivity contribution in [2.45, 2.75) is 43.1 Å². The number of hydrogen-bond acceptors (Lipinski definition) is 9. The monoisotopic (exact) mass is 597 g/mol. The maximum absolute atomic E-state index is 11.9. The van der Waals surface area contributed by atoms with E-state index in [0.717, 1.165) is 11.1 Å². The average molecular weight is 598 g/mol. The van der Waals surface area contributed by atoms with E-state index in [0.29, 0.717) is 22.9 Å². The number of anilines is 1. The molecule has 41 heavy (non-hydrogen) atoms. The number of rotatable bonds is 10. The van der Waals surface area contributed by atoms with E-state index in [4.69, 9.17) is 39.1 Å². The first kappa shape index (κ1) is 28.8. The van der Waals surface area contributed by atoms with E-state index in [9.17, 15) is 20.1 Å². The average Bonchev–Trinajstić information content (AvgIpc) is 3.48. The van der Waals surface area contributed by atoms with E-state index >= 15 is 0 Å². The molecule has 2 aromatic carbocycles. The molecule has 0 aliphatic carbocycles. The molecule has 0 radical (unpaired) electrons. The van der Waals surface area contributed by atoms with Crippen LogP contribution in [0.1, 0.15) is 17.4 Å². The quantitative estimate of drug-likeness (QED) is 0.158. The summed E-state index contributed by atoms with van der Waals surface area (Å²) in [5.41, 5.74) is -0.0375. The summed E-state index contributed by atoms with van der Waals surface area (Å²) in [7, 11) is 0. The van der Waals surface area contributed by atoms with Gasteiger partial charge in [-0.25, -0.2) is 9.78 Å². The van der Waals surface area contributed by atoms with Gasteiger partial charge in [0.05, 0.1) is 12.9 Å². The topological polar surface area (TPSA) is 152 Å². The number of aliphatic carboxylic acids is 1. The molecule has 13 heteroatoms. The molecule has 11 nitrogen and oxygen atoms in total. The van der Waals surface area contributed by atoms with Crippen LogP contribution in [0.4, 0.5) is 5.82 Å². The molecule has 4 aromatic rings.